The number of nitrogens with two attached hydrogens (primary N) is 1. The van der Waals surface area contributed by atoms with Crippen LogP contribution in [-0.2, 0) is 22.6 Å². The highest BCUT2D eigenvalue weighted by Crippen LogP contribution is 2.20. The lowest BCUT2D eigenvalue weighted by molar-refractivity contribution is -0.114. The second kappa shape index (κ2) is 10.2. The summed E-state index contributed by atoms with van der Waals surface area (Å²) >= 11 is 0. The molecule has 8 heteroatoms. The van der Waals surface area contributed by atoms with E-state index in [0.29, 0.717) is 0 Å². The van der Waals surface area contributed by atoms with E-state index in [9.17, 15) is 14.4 Å². The van der Waals surface area contributed by atoms with Gasteiger partial charge in [-0.1, -0.05) is 60.7 Å². The largest absolute Gasteiger partial charge is 0.383 e. The second-order valence-electron chi connectivity index (χ2n) is 6.79. The fraction of sp³-hybridized carbons (Fsp3) is 0.174. The highest BCUT2D eigenvalue weighted by Gasteiger charge is 2.23. The predicted molar refractivity (Wildman–Crippen MR) is 121 cm³/mol. The predicted octanol–water partition coefficient (Wildman–Crippen LogP) is 2.01. The molecule has 0 aliphatic carbocycles. The summed E-state index contributed by atoms with van der Waals surface area (Å²) in [5, 5.41) is 0. The van der Waals surface area contributed by atoms with Crippen molar-refractivity contribution in [3.8, 4) is 0 Å². The highest BCUT2D eigenvalue weighted by atomic mass is 16.5. The van der Waals surface area contributed by atoms with Crippen molar-refractivity contribution in [3.63, 3.8) is 0 Å². The molecule has 0 saturated carbocycles. The van der Waals surface area contributed by atoms with Crippen LogP contribution in [0.15, 0.2) is 76.3 Å². The summed E-state index contributed by atoms with van der Waals surface area (Å²) in [7, 11) is 1.49. The van der Waals surface area contributed by atoms with E-state index >= 15 is 0 Å². The molecule has 0 radical (unpaired) electrons. The SMILES string of the molecule is COCCn1c(N)c(N(Cc2ccccc2)C(=O)C=Cc2ccccc2)c(=O)[nH]c1=O. The lowest BCUT2D eigenvalue weighted by Crippen LogP contribution is -2.40. The number of hydrogen-bond donors (Lipinski definition) is 2. The average molecular weight is 420 g/mol. The molecule has 1 amide bonds. The number of aromatic amines is 1. The summed E-state index contributed by atoms with van der Waals surface area (Å²) in [5.74, 6) is -0.537. The van der Waals surface area contributed by atoms with Crippen molar-refractivity contribution in [3.05, 3.63) is 98.7 Å². The first-order valence-corrected chi connectivity index (χ1v) is 9.71. The zero-order valence-electron chi connectivity index (χ0n) is 17.2. The number of nitrogen functional groups attached to an aromatic ring is 1. The Morgan fingerprint density at radius 2 is 1.74 bits per heavy atom. The minimum absolute atomic E-state index is 0.0812. The number of H-pyrrole nitrogens is 1. The standard InChI is InChI=1S/C23H24N4O4/c1-31-15-14-26-21(24)20(22(29)25-23(26)30)27(16-18-10-6-3-7-11-18)19(28)13-12-17-8-4-2-5-9-17/h2-13H,14-16,24H2,1H3,(H,25,29,30). The molecule has 1 aromatic heterocycles. The van der Waals surface area contributed by atoms with Crippen LogP contribution < -0.4 is 21.9 Å². The number of nitrogens with one attached hydrogen (secondary N) is 1. The Kier molecular flexibility index (Phi) is 7.18. The molecular formula is C23H24N4O4. The van der Waals surface area contributed by atoms with E-state index in [1.165, 1.54) is 22.7 Å². The Labute approximate surface area is 179 Å². The number of hydrogen-bond acceptors (Lipinski definition) is 5. The highest BCUT2D eigenvalue weighted by molar-refractivity contribution is 6.05. The Balaban J connectivity index is 2.06. The molecule has 160 valence electrons. The molecule has 0 bridgehead atoms. The monoisotopic (exact) mass is 420 g/mol. The maximum atomic E-state index is 13.2. The maximum absolute atomic E-state index is 13.2. The van der Waals surface area contributed by atoms with Gasteiger partial charge in [0.25, 0.3) is 11.5 Å². The van der Waals surface area contributed by atoms with Crippen molar-refractivity contribution in [1.82, 2.24) is 9.55 Å². The van der Waals surface area contributed by atoms with Gasteiger partial charge < -0.3 is 10.5 Å². The number of nitrogens with zero attached hydrogens (tertiary/aromatic N) is 2. The van der Waals surface area contributed by atoms with Crippen LogP contribution in [0.1, 0.15) is 11.1 Å². The Hall–Kier alpha value is -3.91. The quantitative estimate of drug-likeness (QED) is 0.542. The lowest BCUT2D eigenvalue weighted by Gasteiger charge is -2.23. The van der Waals surface area contributed by atoms with Crippen molar-refractivity contribution in [2.24, 2.45) is 0 Å². The molecule has 8 nitrogen and oxygen atoms in total. The first kappa shape index (κ1) is 21.8. The molecule has 0 spiro atoms. The average Bonchev–Trinajstić information content (AvgIpc) is 2.78. The van der Waals surface area contributed by atoms with E-state index in [1.54, 1.807) is 6.08 Å². The van der Waals surface area contributed by atoms with Gasteiger partial charge in [-0.25, -0.2) is 4.79 Å². The summed E-state index contributed by atoms with van der Waals surface area (Å²) in [4.78, 5) is 41.6. The van der Waals surface area contributed by atoms with Crippen LogP contribution >= 0.6 is 0 Å². The number of methoxy groups -OCH3 is 1. The smallest absolute Gasteiger partial charge is 0.330 e. The van der Waals surface area contributed by atoms with Gasteiger partial charge in [0.15, 0.2) is 5.69 Å². The van der Waals surface area contributed by atoms with Crippen molar-refractivity contribution in [1.29, 1.82) is 0 Å². The van der Waals surface area contributed by atoms with Crippen molar-refractivity contribution in [2.45, 2.75) is 13.1 Å². The van der Waals surface area contributed by atoms with Crippen LogP contribution in [0.2, 0.25) is 0 Å². The van der Waals surface area contributed by atoms with Crippen LogP contribution in [-0.4, -0.2) is 29.2 Å². The first-order valence-electron chi connectivity index (χ1n) is 9.71. The molecule has 3 N–H and O–H groups in total. The maximum Gasteiger partial charge on any atom is 0.330 e. The lowest BCUT2D eigenvalue weighted by atomic mass is 10.2. The molecule has 0 unspecified atom stereocenters. The second-order valence-corrected chi connectivity index (χ2v) is 6.79. The van der Waals surface area contributed by atoms with E-state index in [0.717, 1.165) is 11.1 Å². The Morgan fingerprint density at radius 3 is 2.39 bits per heavy atom. The normalized spacial score (nSPS) is 11.0. The minimum Gasteiger partial charge on any atom is -0.383 e. The zero-order valence-corrected chi connectivity index (χ0v) is 17.2. The molecule has 0 aliphatic heterocycles. The summed E-state index contributed by atoms with van der Waals surface area (Å²) in [6.45, 7) is 0.461. The molecule has 0 fully saturated rings. The van der Waals surface area contributed by atoms with Crippen LogP contribution in [0.5, 0.6) is 0 Å². The van der Waals surface area contributed by atoms with Gasteiger partial charge in [0.2, 0.25) is 0 Å². The summed E-state index contributed by atoms with van der Waals surface area (Å²) in [5.41, 5.74) is 6.37. The zero-order chi connectivity index (χ0) is 22.2. The van der Waals surface area contributed by atoms with Crippen LogP contribution in [0.25, 0.3) is 6.08 Å². The van der Waals surface area contributed by atoms with Gasteiger partial charge in [0, 0.05) is 13.2 Å². The van der Waals surface area contributed by atoms with E-state index in [4.69, 9.17) is 10.5 Å². The molecule has 31 heavy (non-hydrogen) atoms. The van der Waals surface area contributed by atoms with Crippen LogP contribution in [0, 0.1) is 0 Å². The van der Waals surface area contributed by atoms with Gasteiger partial charge in [-0.2, -0.15) is 0 Å². The minimum atomic E-state index is -0.728. The van der Waals surface area contributed by atoms with Gasteiger partial charge in [-0.3, -0.25) is 24.0 Å². The Morgan fingerprint density at radius 1 is 1.10 bits per heavy atom. The first-order chi connectivity index (χ1) is 15.0. The number of amides is 1. The van der Waals surface area contributed by atoms with Gasteiger partial charge in [0.1, 0.15) is 5.82 Å². The number of anilines is 2. The number of carbonyl (C=O) groups excluding carboxylic acids is 1. The molecule has 2 aromatic carbocycles. The van der Waals surface area contributed by atoms with E-state index in [-0.39, 0.29) is 31.2 Å². The van der Waals surface area contributed by atoms with Crippen molar-refractivity contribution < 1.29 is 9.53 Å². The molecule has 3 rings (SSSR count). The third-order valence-electron chi connectivity index (χ3n) is 4.67. The molecule has 3 aromatic rings. The van der Waals surface area contributed by atoms with Crippen LogP contribution in [0.4, 0.5) is 11.5 Å². The van der Waals surface area contributed by atoms with E-state index < -0.39 is 17.2 Å². The van der Waals surface area contributed by atoms with Gasteiger partial charge in [-0.15, -0.1) is 0 Å². The number of rotatable bonds is 8. The fourth-order valence-electron chi connectivity index (χ4n) is 3.10. The van der Waals surface area contributed by atoms with Crippen LogP contribution in [0.3, 0.4) is 0 Å². The molecule has 0 saturated heterocycles. The van der Waals surface area contributed by atoms with Crippen molar-refractivity contribution in [2.75, 3.05) is 24.4 Å². The summed E-state index contributed by atoms with van der Waals surface area (Å²) in [6, 6.07) is 18.5. The summed E-state index contributed by atoms with van der Waals surface area (Å²) in [6.07, 6.45) is 3.04. The summed E-state index contributed by atoms with van der Waals surface area (Å²) < 4.78 is 6.20. The number of benzene rings is 2. The van der Waals surface area contributed by atoms with Gasteiger partial charge in [0.05, 0.1) is 19.7 Å². The van der Waals surface area contributed by atoms with Gasteiger partial charge >= 0.3 is 5.69 Å². The number of ether oxygens (including phenoxy) is 1. The van der Waals surface area contributed by atoms with E-state index in [1.807, 2.05) is 60.7 Å². The molecule has 0 aliphatic rings. The fourth-order valence-corrected chi connectivity index (χ4v) is 3.10. The molecule has 1 heterocycles. The van der Waals surface area contributed by atoms with Crippen molar-refractivity contribution >= 4 is 23.5 Å². The number of carbonyl (C=O) groups is 1. The third kappa shape index (κ3) is 5.37. The van der Waals surface area contributed by atoms with Gasteiger partial charge in [-0.05, 0) is 17.2 Å². The Bertz CT molecular complexity index is 1170. The van der Waals surface area contributed by atoms with E-state index in [2.05, 4.69) is 4.98 Å². The topological polar surface area (TPSA) is 110 Å². The molecular weight excluding hydrogens is 396 g/mol. The molecule has 0 atom stereocenters. The third-order valence-corrected chi connectivity index (χ3v) is 4.67. The number of aromatic nitrogens is 2.